The average Bonchev–Trinajstić information content (AvgIpc) is 2.71. The van der Waals surface area contributed by atoms with Crippen LogP contribution >= 0.6 is 0 Å². The Morgan fingerprint density at radius 3 is 2.46 bits per heavy atom. The molecule has 28 heavy (non-hydrogen) atoms. The molecule has 2 fully saturated rings. The molecule has 156 valence electrons. The molecule has 1 aromatic rings. The van der Waals surface area contributed by atoms with Crippen molar-refractivity contribution in [2.75, 3.05) is 26.3 Å². The largest absolute Gasteiger partial charge is 0.381 e. The maximum atomic E-state index is 12.7. The summed E-state index contributed by atoms with van der Waals surface area (Å²) in [7, 11) is 0. The molecule has 0 aromatic heterocycles. The third kappa shape index (κ3) is 5.36. The molecule has 2 aliphatic rings. The molecule has 1 aliphatic carbocycles. The number of amides is 1. The Hall–Kier alpha value is -1.39. The summed E-state index contributed by atoms with van der Waals surface area (Å²) in [6, 6.07) is 11.1. The lowest BCUT2D eigenvalue weighted by atomic mass is 9.69. The number of nitrogens with one attached hydrogen (secondary N) is 2. The van der Waals surface area contributed by atoms with Crippen molar-refractivity contribution in [3.8, 4) is 0 Å². The monoisotopic (exact) mass is 386 g/mol. The standard InChI is InChI=1S/C24H38N2O2/c1-23(2,3)20-11-7-8-12-21(20)25-17-22(27)26-18-24(13-15-28-16-14-24)19-9-5-4-6-10-19/h4-6,9-10,20-21,25H,7-8,11-18H2,1-3H3,(H,26,27). The molecule has 1 aliphatic heterocycles. The van der Waals surface area contributed by atoms with E-state index < -0.39 is 0 Å². The van der Waals surface area contributed by atoms with Crippen LogP contribution in [0.5, 0.6) is 0 Å². The van der Waals surface area contributed by atoms with Crippen molar-refractivity contribution in [1.29, 1.82) is 0 Å². The van der Waals surface area contributed by atoms with E-state index in [1.54, 1.807) is 0 Å². The third-order valence-corrected chi connectivity index (χ3v) is 6.86. The lowest BCUT2D eigenvalue weighted by Gasteiger charge is -2.41. The Morgan fingerprint density at radius 2 is 1.79 bits per heavy atom. The molecule has 0 bridgehead atoms. The van der Waals surface area contributed by atoms with Crippen LogP contribution in [0.1, 0.15) is 64.9 Å². The third-order valence-electron chi connectivity index (χ3n) is 6.86. The van der Waals surface area contributed by atoms with Crippen molar-refractivity contribution in [1.82, 2.24) is 10.6 Å². The Bertz CT molecular complexity index is 617. The Labute approximate surface area is 170 Å². The molecule has 0 radical (unpaired) electrons. The van der Waals surface area contributed by atoms with Gasteiger partial charge in [0.15, 0.2) is 0 Å². The molecule has 2 atom stereocenters. The number of carbonyl (C=O) groups is 1. The quantitative estimate of drug-likeness (QED) is 0.776. The predicted molar refractivity (Wildman–Crippen MR) is 114 cm³/mol. The van der Waals surface area contributed by atoms with Gasteiger partial charge in [0, 0.05) is 31.2 Å². The van der Waals surface area contributed by atoms with Crippen molar-refractivity contribution in [2.24, 2.45) is 11.3 Å². The zero-order valence-corrected chi connectivity index (χ0v) is 17.9. The van der Waals surface area contributed by atoms with Gasteiger partial charge < -0.3 is 15.4 Å². The molecule has 4 heteroatoms. The van der Waals surface area contributed by atoms with Crippen molar-refractivity contribution in [2.45, 2.75) is 70.8 Å². The van der Waals surface area contributed by atoms with Crippen LogP contribution in [0.15, 0.2) is 30.3 Å². The second-order valence-corrected chi connectivity index (χ2v) is 9.78. The van der Waals surface area contributed by atoms with Gasteiger partial charge in [0.25, 0.3) is 0 Å². The second-order valence-electron chi connectivity index (χ2n) is 9.78. The molecule has 1 aromatic carbocycles. The molecule has 1 saturated carbocycles. The first-order valence-corrected chi connectivity index (χ1v) is 11.0. The minimum atomic E-state index is -0.00600. The molecular formula is C24H38N2O2. The van der Waals surface area contributed by atoms with Gasteiger partial charge >= 0.3 is 0 Å². The first-order chi connectivity index (χ1) is 13.4. The summed E-state index contributed by atoms with van der Waals surface area (Å²) in [6.07, 6.45) is 6.94. The van der Waals surface area contributed by atoms with E-state index >= 15 is 0 Å². The molecule has 1 heterocycles. The lowest BCUT2D eigenvalue weighted by Crippen LogP contribution is -2.50. The SMILES string of the molecule is CC(C)(C)C1CCCCC1NCC(=O)NCC1(c2ccccc2)CCOCC1. The summed E-state index contributed by atoms with van der Waals surface area (Å²) >= 11 is 0. The highest BCUT2D eigenvalue weighted by Gasteiger charge is 2.36. The zero-order valence-electron chi connectivity index (χ0n) is 17.9. The zero-order chi connectivity index (χ0) is 20.0. The molecule has 0 spiro atoms. The van der Waals surface area contributed by atoms with E-state index in [1.807, 2.05) is 0 Å². The minimum Gasteiger partial charge on any atom is -0.381 e. The van der Waals surface area contributed by atoms with E-state index in [-0.39, 0.29) is 16.7 Å². The fraction of sp³-hybridized carbons (Fsp3) is 0.708. The van der Waals surface area contributed by atoms with Crippen molar-refractivity contribution >= 4 is 5.91 Å². The fourth-order valence-electron chi connectivity index (χ4n) is 5.09. The van der Waals surface area contributed by atoms with E-state index in [4.69, 9.17) is 4.74 Å². The maximum absolute atomic E-state index is 12.7. The van der Waals surface area contributed by atoms with Gasteiger partial charge in [0.05, 0.1) is 6.54 Å². The minimum absolute atomic E-state index is 0.00600. The van der Waals surface area contributed by atoms with Gasteiger partial charge in [-0.3, -0.25) is 4.79 Å². The van der Waals surface area contributed by atoms with E-state index in [9.17, 15) is 4.79 Å². The van der Waals surface area contributed by atoms with Gasteiger partial charge in [-0.2, -0.15) is 0 Å². The summed E-state index contributed by atoms with van der Waals surface area (Å²) in [5, 5.41) is 6.81. The molecule has 2 unspecified atom stereocenters. The highest BCUT2D eigenvalue weighted by atomic mass is 16.5. The number of rotatable bonds is 6. The summed E-state index contributed by atoms with van der Waals surface area (Å²) in [6.45, 7) is 9.61. The Kier molecular flexibility index (Phi) is 7.16. The van der Waals surface area contributed by atoms with Crippen LogP contribution in [0.3, 0.4) is 0 Å². The van der Waals surface area contributed by atoms with Gasteiger partial charge in [-0.25, -0.2) is 0 Å². The van der Waals surface area contributed by atoms with E-state index in [1.165, 1.54) is 31.2 Å². The fourth-order valence-corrected chi connectivity index (χ4v) is 5.09. The Balaban J connectivity index is 1.55. The lowest BCUT2D eigenvalue weighted by molar-refractivity contribution is -0.121. The second kappa shape index (κ2) is 9.41. The molecule has 2 N–H and O–H groups in total. The van der Waals surface area contributed by atoms with Crippen molar-refractivity contribution in [3.05, 3.63) is 35.9 Å². The van der Waals surface area contributed by atoms with E-state index in [0.29, 0.717) is 25.0 Å². The van der Waals surface area contributed by atoms with Crippen LogP contribution in [-0.2, 0) is 14.9 Å². The summed E-state index contributed by atoms with van der Waals surface area (Å²) in [5.41, 5.74) is 1.59. The predicted octanol–water partition coefficient (Wildman–Crippen LogP) is 4.05. The number of hydrogen-bond acceptors (Lipinski definition) is 3. The van der Waals surface area contributed by atoms with E-state index in [2.05, 4.69) is 61.7 Å². The normalized spacial score (nSPS) is 25.2. The average molecular weight is 387 g/mol. The molecule has 4 nitrogen and oxygen atoms in total. The van der Waals surface area contributed by atoms with Crippen LogP contribution in [-0.4, -0.2) is 38.3 Å². The van der Waals surface area contributed by atoms with Gasteiger partial charge in [0.2, 0.25) is 5.91 Å². The number of carbonyl (C=O) groups excluding carboxylic acids is 1. The van der Waals surface area contributed by atoms with Crippen LogP contribution in [0, 0.1) is 11.3 Å². The van der Waals surface area contributed by atoms with Crippen LogP contribution < -0.4 is 10.6 Å². The molecular weight excluding hydrogens is 348 g/mol. The molecule has 1 amide bonds. The van der Waals surface area contributed by atoms with Crippen LogP contribution in [0.4, 0.5) is 0 Å². The van der Waals surface area contributed by atoms with Crippen molar-refractivity contribution in [3.63, 3.8) is 0 Å². The maximum Gasteiger partial charge on any atom is 0.233 e. The number of ether oxygens (including phenoxy) is 1. The van der Waals surface area contributed by atoms with Gasteiger partial charge in [0.1, 0.15) is 0 Å². The van der Waals surface area contributed by atoms with Gasteiger partial charge in [-0.05, 0) is 42.6 Å². The highest BCUT2D eigenvalue weighted by Crippen LogP contribution is 2.38. The summed E-state index contributed by atoms with van der Waals surface area (Å²) in [4.78, 5) is 12.7. The smallest absolute Gasteiger partial charge is 0.233 e. The highest BCUT2D eigenvalue weighted by molar-refractivity contribution is 5.78. The van der Waals surface area contributed by atoms with Gasteiger partial charge in [-0.15, -0.1) is 0 Å². The van der Waals surface area contributed by atoms with Crippen LogP contribution in [0.2, 0.25) is 0 Å². The first-order valence-electron chi connectivity index (χ1n) is 11.0. The topological polar surface area (TPSA) is 50.4 Å². The number of hydrogen-bond donors (Lipinski definition) is 2. The summed E-state index contributed by atoms with van der Waals surface area (Å²) < 4.78 is 5.60. The van der Waals surface area contributed by atoms with E-state index in [0.717, 1.165) is 26.1 Å². The molecule has 3 rings (SSSR count). The first kappa shape index (κ1) is 21.3. The van der Waals surface area contributed by atoms with Gasteiger partial charge in [-0.1, -0.05) is 63.9 Å². The number of benzene rings is 1. The summed E-state index contributed by atoms with van der Waals surface area (Å²) in [5.74, 6) is 0.750. The van der Waals surface area contributed by atoms with Crippen molar-refractivity contribution < 1.29 is 9.53 Å². The Morgan fingerprint density at radius 1 is 1.11 bits per heavy atom. The molecule has 1 saturated heterocycles. The van der Waals surface area contributed by atoms with Crippen LogP contribution in [0.25, 0.3) is 0 Å².